The third-order valence-corrected chi connectivity index (χ3v) is 7.63. The number of sulfonamides is 1. The zero-order valence-corrected chi connectivity index (χ0v) is 20.3. The van der Waals surface area contributed by atoms with Gasteiger partial charge in [-0.2, -0.15) is 0 Å². The summed E-state index contributed by atoms with van der Waals surface area (Å²) in [5.41, 5.74) is 2.23. The Morgan fingerprint density at radius 3 is 2.29 bits per heavy atom. The van der Waals surface area contributed by atoms with Gasteiger partial charge in [0.1, 0.15) is 0 Å². The molecule has 2 aromatic rings. The zero-order chi connectivity index (χ0) is 22.8. The van der Waals surface area contributed by atoms with Crippen molar-refractivity contribution >= 4 is 21.6 Å². The van der Waals surface area contributed by atoms with E-state index in [1.807, 2.05) is 26.0 Å². The van der Waals surface area contributed by atoms with E-state index in [2.05, 4.69) is 16.5 Å². The molecule has 170 valence electrons. The van der Waals surface area contributed by atoms with Crippen LogP contribution >= 0.6 is 11.6 Å². The smallest absolute Gasteiger partial charge is 0.240 e. The molecule has 31 heavy (non-hydrogen) atoms. The Labute approximate surface area is 190 Å². The summed E-state index contributed by atoms with van der Waals surface area (Å²) >= 11 is 5.94. The van der Waals surface area contributed by atoms with E-state index >= 15 is 0 Å². The number of nitrogens with zero attached hydrogens (tertiary/aromatic N) is 1. The van der Waals surface area contributed by atoms with Crippen LogP contribution in [0.3, 0.4) is 0 Å². The molecule has 0 saturated heterocycles. The lowest BCUT2D eigenvalue weighted by Crippen LogP contribution is -2.51. The molecule has 0 fully saturated rings. The number of hydrogen-bond donors (Lipinski definition) is 1. The van der Waals surface area contributed by atoms with E-state index in [9.17, 15) is 8.42 Å². The fourth-order valence-corrected chi connectivity index (χ4v) is 5.75. The Hall–Kier alpha value is -1.80. The number of benzene rings is 2. The molecular formula is C23H31ClN2O4S. The van der Waals surface area contributed by atoms with E-state index in [4.69, 9.17) is 21.1 Å². The van der Waals surface area contributed by atoms with Crippen molar-refractivity contribution in [1.29, 1.82) is 0 Å². The van der Waals surface area contributed by atoms with Gasteiger partial charge in [0, 0.05) is 17.6 Å². The van der Waals surface area contributed by atoms with Gasteiger partial charge in [0.2, 0.25) is 10.0 Å². The lowest BCUT2D eigenvalue weighted by Gasteiger charge is -2.43. The first-order valence-corrected chi connectivity index (χ1v) is 12.3. The standard InChI is InChI=1S/C23H31ClN2O4S/c1-6-26-12-11-16-13-20(29-4)21(30-5)14-19(16)23(26)22(15(2)3)25-31(27,28)18-9-7-17(24)8-10-18/h7-10,13-15,22-23,25H,6,11-12H2,1-5H3/t22-,23+/m1/s1. The Balaban J connectivity index is 2.06. The maximum Gasteiger partial charge on any atom is 0.240 e. The number of ether oxygens (including phenoxy) is 2. The lowest BCUT2D eigenvalue weighted by atomic mass is 9.84. The minimum atomic E-state index is -3.72. The van der Waals surface area contributed by atoms with E-state index < -0.39 is 10.0 Å². The first kappa shape index (κ1) is 23.9. The highest BCUT2D eigenvalue weighted by molar-refractivity contribution is 7.89. The number of nitrogens with one attached hydrogen (secondary N) is 1. The number of methoxy groups -OCH3 is 2. The van der Waals surface area contributed by atoms with E-state index in [-0.39, 0.29) is 22.9 Å². The van der Waals surface area contributed by atoms with Crippen LogP contribution < -0.4 is 14.2 Å². The average molecular weight is 467 g/mol. The molecule has 1 aliphatic rings. The Kier molecular flexibility index (Phi) is 7.52. The Morgan fingerprint density at radius 1 is 1.13 bits per heavy atom. The normalized spacial score (nSPS) is 18.0. The molecule has 0 aliphatic carbocycles. The summed E-state index contributed by atoms with van der Waals surface area (Å²) in [5.74, 6) is 1.39. The van der Waals surface area contributed by atoms with Gasteiger partial charge in [-0.3, -0.25) is 4.90 Å². The highest BCUT2D eigenvalue weighted by atomic mass is 35.5. The van der Waals surface area contributed by atoms with Crippen molar-refractivity contribution in [3.8, 4) is 11.5 Å². The van der Waals surface area contributed by atoms with E-state index in [1.165, 1.54) is 12.1 Å². The van der Waals surface area contributed by atoms with Gasteiger partial charge < -0.3 is 9.47 Å². The fourth-order valence-electron chi connectivity index (χ4n) is 4.23. The largest absolute Gasteiger partial charge is 0.493 e. The summed E-state index contributed by atoms with van der Waals surface area (Å²) < 4.78 is 40.4. The Morgan fingerprint density at radius 2 is 1.74 bits per heavy atom. The third-order valence-electron chi connectivity index (χ3n) is 5.91. The van der Waals surface area contributed by atoms with Crippen LogP contribution in [0.2, 0.25) is 5.02 Å². The first-order valence-electron chi connectivity index (χ1n) is 10.5. The molecule has 1 aliphatic heterocycles. The van der Waals surface area contributed by atoms with Gasteiger partial charge >= 0.3 is 0 Å². The van der Waals surface area contributed by atoms with E-state index in [0.29, 0.717) is 16.5 Å². The summed E-state index contributed by atoms with van der Waals surface area (Å²) in [4.78, 5) is 2.53. The van der Waals surface area contributed by atoms with Crippen LogP contribution in [0.1, 0.15) is 37.9 Å². The monoisotopic (exact) mass is 466 g/mol. The molecule has 0 unspecified atom stereocenters. The molecule has 8 heteroatoms. The van der Waals surface area contributed by atoms with Crippen LogP contribution in [0.4, 0.5) is 0 Å². The van der Waals surface area contributed by atoms with Crippen LogP contribution in [0, 0.1) is 5.92 Å². The predicted molar refractivity (Wildman–Crippen MR) is 124 cm³/mol. The molecule has 6 nitrogen and oxygen atoms in total. The molecule has 3 rings (SSSR count). The van der Waals surface area contributed by atoms with Crippen molar-refractivity contribution in [1.82, 2.24) is 9.62 Å². The van der Waals surface area contributed by atoms with Gasteiger partial charge in [0.05, 0.1) is 25.2 Å². The first-order chi connectivity index (χ1) is 14.7. The van der Waals surface area contributed by atoms with Gasteiger partial charge in [-0.1, -0.05) is 32.4 Å². The topological polar surface area (TPSA) is 67.9 Å². The molecule has 0 aromatic heterocycles. The maximum atomic E-state index is 13.2. The molecule has 1 N–H and O–H groups in total. The SMILES string of the molecule is CCN1CCc2cc(OC)c(OC)cc2[C@H]1[C@H](NS(=O)(=O)c1ccc(Cl)cc1)C(C)C. The second-order valence-electron chi connectivity index (χ2n) is 8.07. The number of rotatable bonds is 8. The number of halogens is 1. The van der Waals surface area contributed by atoms with Crippen LogP contribution in [-0.2, 0) is 16.4 Å². The molecular weight excluding hydrogens is 436 g/mol. The predicted octanol–water partition coefficient (Wildman–Crippen LogP) is 4.28. The van der Waals surface area contributed by atoms with Gasteiger partial charge in [0.15, 0.2) is 11.5 Å². The van der Waals surface area contributed by atoms with Gasteiger partial charge in [-0.15, -0.1) is 0 Å². The third kappa shape index (κ3) is 5.00. The van der Waals surface area contributed by atoms with Crippen LogP contribution in [0.25, 0.3) is 0 Å². The number of likely N-dealkylation sites (N-methyl/N-ethyl adjacent to an activating group) is 1. The van der Waals surface area contributed by atoms with Crippen LogP contribution in [0.15, 0.2) is 41.3 Å². The molecule has 0 bridgehead atoms. The highest BCUT2D eigenvalue weighted by Gasteiger charge is 2.38. The quantitative estimate of drug-likeness (QED) is 0.628. The number of fused-ring (bicyclic) bond motifs is 1. The van der Waals surface area contributed by atoms with E-state index in [1.54, 1.807) is 26.4 Å². The molecule has 2 aromatic carbocycles. The van der Waals surface area contributed by atoms with Crippen LogP contribution in [-0.4, -0.2) is 46.7 Å². The summed E-state index contributed by atoms with van der Waals surface area (Å²) in [6.45, 7) is 7.83. The van der Waals surface area contributed by atoms with Gasteiger partial charge in [-0.05, 0) is 66.4 Å². The molecule has 0 spiro atoms. The lowest BCUT2D eigenvalue weighted by molar-refractivity contribution is 0.141. The van der Waals surface area contributed by atoms with Crippen molar-refractivity contribution in [3.63, 3.8) is 0 Å². The highest BCUT2D eigenvalue weighted by Crippen LogP contribution is 2.41. The van der Waals surface area contributed by atoms with Crippen molar-refractivity contribution in [2.75, 3.05) is 27.3 Å². The molecule has 0 radical (unpaired) electrons. The second-order valence-corrected chi connectivity index (χ2v) is 10.2. The van der Waals surface area contributed by atoms with Crippen molar-refractivity contribution in [2.24, 2.45) is 5.92 Å². The summed E-state index contributed by atoms with van der Waals surface area (Å²) in [7, 11) is -0.486. The minimum Gasteiger partial charge on any atom is -0.493 e. The zero-order valence-electron chi connectivity index (χ0n) is 18.7. The van der Waals surface area contributed by atoms with Crippen molar-refractivity contribution in [2.45, 2.75) is 44.2 Å². The van der Waals surface area contributed by atoms with Gasteiger partial charge in [0.25, 0.3) is 0 Å². The number of hydrogen-bond acceptors (Lipinski definition) is 5. The second kappa shape index (κ2) is 9.77. The molecule has 1 heterocycles. The van der Waals surface area contributed by atoms with Gasteiger partial charge in [-0.25, -0.2) is 13.1 Å². The van der Waals surface area contributed by atoms with Crippen molar-refractivity contribution in [3.05, 3.63) is 52.5 Å². The van der Waals surface area contributed by atoms with E-state index in [0.717, 1.165) is 30.6 Å². The fraction of sp³-hybridized carbons (Fsp3) is 0.478. The molecule has 2 atom stereocenters. The summed E-state index contributed by atoms with van der Waals surface area (Å²) in [5, 5.41) is 0.499. The van der Waals surface area contributed by atoms with Crippen molar-refractivity contribution < 1.29 is 17.9 Å². The average Bonchev–Trinajstić information content (AvgIpc) is 2.75. The summed E-state index contributed by atoms with van der Waals surface area (Å²) in [6.07, 6.45) is 0.870. The molecule has 0 saturated carbocycles. The Bertz CT molecular complexity index is 1010. The molecule has 0 amide bonds. The van der Waals surface area contributed by atoms with Crippen LogP contribution in [0.5, 0.6) is 11.5 Å². The maximum absolute atomic E-state index is 13.2. The minimum absolute atomic E-state index is 0.0557. The summed E-state index contributed by atoms with van der Waals surface area (Å²) in [6, 6.07) is 9.78.